The number of methoxy groups -OCH3 is 1. The molecule has 90 valence electrons. The van der Waals surface area contributed by atoms with Crippen molar-refractivity contribution in [1.29, 1.82) is 0 Å². The molecule has 0 aliphatic carbocycles. The van der Waals surface area contributed by atoms with Crippen LogP contribution in [0.4, 0.5) is 0 Å². The van der Waals surface area contributed by atoms with Crippen LogP contribution in [0.2, 0.25) is 0 Å². The Bertz CT molecular complexity index is 537. The van der Waals surface area contributed by atoms with E-state index < -0.39 is 0 Å². The van der Waals surface area contributed by atoms with Crippen molar-refractivity contribution in [3.63, 3.8) is 0 Å². The molecule has 0 spiro atoms. The van der Waals surface area contributed by atoms with Crippen LogP contribution in [-0.4, -0.2) is 22.5 Å². The number of terminal acetylenes is 1. The highest BCUT2D eigenvalue weighted by atomic mass is 32.1. The summed E-state index contributed by atoms with van der Waals surface area (Å²) in [6, 6.07) is 0.286. The Morgan fingerprint density at radius 1 is 1.71 bits per heavy atom. The van der Waals surface area contributed by atoms with Gasteiger partial charge in [0.05, 0.1) is 7.11 Å². The van der Waals surface area contributed by atoms with Crippen molar-refractivity contribution >= 4 is 16.3 Å². The first-order valence-electron chi connectivity index (χ1n) is 5.41. The second-order valence-corrected chi connectivity index (χ2v) is 4.69. The van der Waals surface area contributed by atoms with Crippen LogP contribution in [0.5, 0.6) is 5.88 Å². The van der Waals surface area contributed by atoms with Crippen molar-refractivity contribution < 1.29 is 4.74 Å². The summed E-state index contributed by atoms with van der Waals surface area (Å²) < 4.78 is 7.32. The fourth-order valence-corrected chi connectivity index (χ4v) is 2.38. The molecule has 1 unspecified atom stereocenters. The second-order valence-electron chi connectivity index (χ2n) is 3.81. The number of aromatic nitrogens is 2. The van der Waals surface area contributed by atoms with E-state index >= 15 is 0 Å². The quantitative estimate of drug-likeness (QED) is 0.823. The monoisotopic (exact) mass is 249 g/mol. The van der Waals surface area contributed by atoms with Gasteiger partial charge in [-0.2, -0.15) is 4.98 Å². The molecule has 0 aliphatic heterocycles. The van der Waals surface area contributed by atoms with E-state index in [0.29, 0.717) is 18.8 Å². The number of imidazole rings is 1. The number of nitrogens with one attached hydrogen (secondary N) is 1. The molecule has 2 heterocycles. The highest BCUT2D eigenvalue weighted by Crippen LogP contribution is 2.22. The predicted molar refractivity (Wildman–Crippen MR) is 69.4 cm³/mol. The van der Waals surface area contributed by atoms with Crippen LogP contribution < -0.4 is 10.1 Å². The minimum Gasteiger partial charge on any atom is -0.480 e. The van der Waals surface area contributed by atoms with Gasteiger partial charge in [-0.15, -0.1) is 23.7 Å². The van der Waals surface area contributed by atoms with Crippen LogP contribution in [0.15, 0.2) is 11.6 Å². The molecule has 17 heavy (non-hydrogen) atoms. The van der Waals surface area contributed by atoms with E-state index in [4.69, 9.17) is 11.2 Å². The van der Waals surface area contributed by atoms with Crippen LogP contribution >= 0.6 is 11.3 Å². The lowest BCUT2D eigenvalue weighted by molar-refractivity contribution is 0.391. The number of thiazole rings is 1. The zero-order valence-electron chi connectivity index (χ0n) is 9.93. The van der Waals surface area contributed by atoms with Crippen LogP contribution in [-0.2, 0) is 6.54 Å². The van der Waals surface area contributed by atoms with Crippen LogP contribution in [0.25, 0.3) is 4.96 Å². The van der Waals surface area contributed by atoms with Gasteiger partial charge in [-0.05, 0) is 6.92 Å². The Kier molecular flexibility index (Phi) is 3.67. The van der Waals surface area contributed by atoms with E-state index in [-0.39, 0.29) is 6.04 Å². The van der Waals surface area contributed by atoms with Gasteiger partial charge in [-0.25, -0.2) is 0 Å². The third-order valence-electron chi connectivity index (χ3n) is 2.56. The summed E-state index contributed by atoms with van der Waals surface area (Å²) in [5.41, 5.74) is 1.03. The molecule has 0 amide bonds. The van der Waals surface area contributed by atoms with Crippen molar-refractivity contribution in [1.82, 2.24) is 14.7 Å². The van der Waals surface area contributed by atoms with Gasteiger partial charge in [0.25, 0.3) is 0 Å². The van der Waals surface area contributed by atoms with Gasteiger partial charge in [-0.1, -0.05) is 0 Å². The van der Waals surface area contributed by atoms with Crippen molar-refractivity contribution in [3.05, 3.63) is 17.3 Å². The van der Waals surface area contributed by atoms with Crippen LogP contribution in [0.3, 0.4) is 0 Å². The predicted octanol–water partition coefficient (Wildman–Crippen LogP) is 1.91. The fourth-order valence-electron chi connectivity index (χ4n) is 1.66. The number of hydrogen-bond acceptors (Lipinski definition) is 4. The number of rotatable bonds is 5. The maximum Gasteiger partial charge on any atom is 0.237 e. The Labute approximate surface area is 105 Å². The average molecular weight is 249 g/mol. The Morgan fingerprint density at radius 3 is 3.24 bits per heavy atom. The lowest BCUT2D eigenvalue weighted by Gasteiger charge is -2.10. The van der Waals surface area contributed by atoms with E-state index in [2.05, 4.69) is 23.1 Å². The summed E-state index contributed by atoms with van der Waals surface area (Å²) in [7, 11) is 1.64. The fraction of sp³-hybridized carbons (Fsp3) is 0.417. The highest BCUT2D eigenvalue weighted by molar-refractivity contribution is 7.15. The van der Waals surface area contributed by atoms with Crippen molar-refractivity contribution in [2.75, 3.05) is 7.11 Å². The number of nitrogens with zero attached hydrogens (tertiary/aromatic N) is 2. The maximum atomic E-state index is 5.28. The summed E-state index contributed by atoms with van der Waals surface area (Å²) in [6.45, 7) is 2.77. The molecule has 0 saturated carbocycles. The molecule has 0 aliphatic rings. The molecule has 2 rings (SSSR count). The molecular formula is C12H15N3OS. The van der Waals surface area contributed by atoms with Crippen molar-refractivity contribution in [2.24, 2.45) is 0 Å². The number of ether oxygens (including phenoxy) is 1. The number of fused-ring (bicyclic) bond motifs is 1. The average Bonchev–Trinajstić information content (AvgIpc) is 2.86. The topological polar surface area (TPSA) is 38.6 Å². The zero-order valence-corrected chi connectivity index (χ0v) is 10.8. The highest BCUT2D eigenvalue weighted by Gasteiger charge is 2.13. The first-order chi connectivity index (χ1) is 8.26. The summed E-state index contributed by atoms with van der Waals surface area (Å²) in [5.74, 6) is 3.32. The summed E-state index contributed by atoms with van der Waals surface area (Å²) in [6.07, 6.45) is 7.99. The zero-order chi connectivity index (χ0) is 12.3. The molecule has 1 atom stereocenters. The van der Waals surface area contributed by atoms with Gasteiger partial charge < -0.3 is 10.1 Å². The standard InChI is InChI=1S/C12H15N3OS/c1-4-5-9(2)13-8-10-11(16-3)14-12-15(10)6-7-17-12/h1,6-7,9,13H,5,8H2,2-3H3. The largest absolute Gasteiger partial charge is 0.480 e. The Balaban J connectivity index is 2.16. The van der Waals surface area contributed by atoms with E-state index in [1.54, 1.807) is 18.4 Å². The van der Waals surface area contributed by atoms with Gasteiger partial charge in [0.1, 0.15) is 5.69 Å². The molecule has 1 N–H and O–H groups in total. The molecule has 0 saturated heterocycles. The lowest BCUT2D eigenvalue weighted by Crippen LogP contribution is -2.25. The molecule has 2 aromatic heterocycles. The molecule has 0 bridgehead atoms. The minimum absolute atomic E-state index is 0.286. The second kappa shape index (κ2) is 5.21. The molecule has 0 fully saturated rings. The van der Waals surface area contributed by atoms with Gasteiger partial charge in [0.15, 0.2) is 4.96 Å². The van der Waals surface area contributed by atoms with E-state index in [0.717, 1.165) is 10.7 Å². The molecular weight excluding hydrogens is 234 g/mol. The molecule has 2 aromatic rings. The summed E-state index contributed by atoms with van der Waals surface area (Å²) >= 11 is 1.59. The summed E-state index contributed by atoms with van der Waals surface area (Å²) in [4.78, 5) is 5.34. The van der Waals surface area contributed by atoms with Crippen molar-refractivity contribution in [3.8, 4) is 18.2 Å². The molecule has 0 aromatic carbocycles. The van der Waals surface area contributed by atoms with Gasteiger partial charge in [0, 0.05) is 30.6 Å². The van der Waals surface area contributed by atoms with E-state index in [1.165, 1.54) is 0 Å². The maximum absolute atomic E-state index is 5.28. The smallest absolute Gasteiger partial charge is 0.237 e. The van der Waals surface area contributed by atoms with Crippen LogP contribution in [0, 0.1) is 12.3 Å². The normalized spacial score (nSPS) is 12.5. The Hall–Kier alpha value is -1.51. The first-order valence-corrected chi connectivity index (χ1v) is 6.29. The van der Waals surface area contributed by atoms with Crippen LogP contribution in [0.1, 0.15) is 19.0 Å². The first kappa shape index (κ1) is 12.0. The number of hydrogen-bond donors (Lipinski definition) is 1. The van der Waals surface area contributed by atoms with E-state index in [9.17, 15) is 0 Å². The van der Waals surface area contributed by atoms with Crippen molar-refractivity contribution in [2.45, 2.75) is 25.9 Å². The molecule has 5 heteroatoms. The van der Waals surface area contributed by atoms with Gasteiger partial charge >= 0.3 is 0 Å². The third kappa shape index (κ3) is 2.43. The lowest BCUT2D eigenvalue weighted by atomic mass is 10.2. The molecule has 4 nitrogen and oxygen atoms in total. The van der Waals surface area contributed by atoms with E-state index in [1.807, 2.05) is 16.0 Å². The Morgan fingerprint density at radius 2 is 2.53 bits per heavy atom. The van der Waals surface area contributed by atoms with Gasteiger partial charge in [-0.3, -0.25) is 4.40 Å². The SMILES string of the molecule is C#CCC(C)NCc1c(OC)nc2sccn12. The minimum atomic E-state index is 0.286. The summed E-state index contributed by atoms with van der Waals surface area (Å²) in [5, 5.41) is 5.37. The molecule has 0 radical (unpaired) electrons. The van der Waals surface area contributed by atoms with Gasteiger partial charge in [0.2, 0.25) is 5.88 Å². The third-order valence-corrected chi connectivity index (χ3v) is 3.32.